The van der Waals surface area contributed by atoms with Gasteiger partial charge < -0.3 is 10.1 Å². The lowest BCUT2D eigenvalue weighted by Crippen LogP contribution is -2.26. The maximum Gasteiger partial charge on any atom is 0.407 e. The third kappa shape index (κ3) is 5.10. The topological polar surface area (TPSA) is 84.5 Å². The number of benzene rings is 1. The number of alkyl carbamates (subject to hydrolysis) is 1. The van der Waals surface area contributed by atoms with Crippen molar-refractivity contribution in [3.05, 3.63) is 45.1 Å². The second-order valence-electron chi connectivity index (χ2n) is 5.18. The number of nitrogens with one attached hydrogen (secondary N) is 2. The van der Waals surface area contributed by atoms with E-state index in [4.69, 9.17) is 16.3 Å². The van der Waals surface area contributed by atoms with Crippen LogP contribution in [0.2, 0.25) is 5.02 Å². The molecule has 0 aliphatic carbocycles. The van der Waals surface area contributed by atoms with E-state index in [1.165, 1.54) is 17.4 Å². The van der Waals surface area contributed by atoms with Gasteiger partial charge in [-0.15, -0.1) is 11.3 Å². The molecule has 0 aliphatic heterocycles. The molecule has 0 radical (unpaired) electrons. The van der Waals surface area contributed by atoms with Crippen LogP contribution in [-0.2, 0) is 21.2 Å². The fourth-order valence-corrected chi connectivity index (χ4v) is 4.66. The first-order valence-corrected chi connectivity index (χ1v) is 10.4. The standard InChI is InChI=1S/C16H19ClN2O4S2/c1-3-23-16(20)18-8-7-12-9-24-10-14(12)19-25(21,22)15-6-4-5-13(17)11(15)2/h4-6,9-10,19H,3,7-8H2,1-2H3,(H,18,20). The van der Waals surface area contributed by atoms with Gasteiger partial charge in [0.25, 0.3) is 10.0 Å². The van der Waals surface area contributed by atoms with Gasteiger partial charge in [0, 0.05) is 16.9 Å². The van der Waals surface area contributed by atoms with Gasteiger partial charge in [0.2, 0.25) is 0 Å². The summed E-state index contributed by atoms with van der Waals surface area (Å²) in [6.45, 7) is 4.03. The van der Waals surface area contributed by atoms with Crippen LogP contribution < -0.4 is 10.0 Å². The van der Waals surface area contributed by atoms with Gasteiger partial charge in [0.05, 0.1) is 17.2 Å². The zero-order valence-electron chi connectivity index (χ0n) is 13.8. The predicted molar refractivity (Wildman–Crippen MR) is 100 cm³/mol. The van der Waals surface area contributed by atoms with E-state index < -0.39 is 16.1 Å². The summed E-state index contributed by atoms with van der Waals surface area (Å²) in [5, 5.41) is 6.57. The highest BCUT2D eigenvalue weighted by atomic mass is 35.5. The molecule has 1 aromatic heterocycles. The minimum Gasteiger partial charge on any atom is -0.450 e. The van der Waals surface area contributed by atoms with Crippen molar-refractivity contribution < 1.29 is 17.9 Å². The minimum absolute atomic E-state index is 0.141. The Balaban J connectivity index is 2.09. The Morgan fingerprint density at radius 1 is 1.32 bits per heavy atom. The number of halogens is 1. The minimum atomic E-state index is -3.75. The van der Waals surface area contributed by atoms with E-state index in [0.717, 1.165) is 5.56 Å². The highest BCUT2D eigenvalue weighted by Gasteiger charge is 2.20. The molecule has 0 saturated heterocycles. The Bertz CT molecular complexity index is 850. The van der Waals surface area contributed by atoms with Crippen LogP contribution in [0.1, 0.15) is 18.1 Å². The van der Waals surface area contributed by atoms with Gasteiger partial charge in [-0.25, -0.2) is 13.2 Å². The molecule has 0 bridgehead atoms. The zero-order valence-corrected chi connectivity index (χ0v) is 16.2. The van der Waals surface area contributed by atoms with E-state index in [0.29, 0.717) is 35.8 Å². The van der Waals surface area contributed by atoms with Gasteiger partial charge >= 0.3 is 6.09 Å². The van der Waals surface area contributed by atoms with E-state index in [1.54, 1.807) is 31.4 Å². The molecule has 0 spiro atoms. The SMILES string of the molecule is CCOC(=O)NCCc1cscc1NS(=O)(=O)c1cccc(Cl)c1C. The van der Waals surface area contributed by atoms with Crippen molar-refractivity contribution >= 4 is 44.7 Å². The maximum atomic E-state index is 12.6. The summed E-state index contributed by atoms with van der Waals surface area (Å²) in [5.41, 5.74) is 1.79. The van der Waals surface area contributed by atoms with E-state index in [2.05, 4.69) is 10.0 Å². The molecular weight excluding hydrogens is 384 g/mol. The fraction of sp³-hybridized carbons (Fsp3) is 0.312. The van der Waals surface area contributed by atoms with E-state index in [-0.39, 0.29) is 4.90 Å². The Labute approximate surface area is 156 Å². The molecule has 0 aliphatic rings. The van der Waals surface area contributed by atoms with Crippen molar-refractivity contribution in [3.8, 4) is 0 Å². The molecule has 0 saturated carbocycles. The average Bonchev–Trinajstić information content (AvgIpc) is 2.96. The summed E-state index contributed by atoms with van der Waals surface area (Å²) in [4.78, 5) is 11.4. The molecule has 0 fully saturated rings. The fourth-order valence-electron chi connectivity index (χ4n) is 2.17. The maximum absolute atomic E-state index is 12.6. The predicted octanol–water partition coefficient (Wildman–Crippen LogP) is 3.80. The van der Waals surface area contributed by atoms with Gasteiger partial charge in [-0.1, -0.05) is 17.7 Å². The molecule has 0 atom stereocenters. The average molecular weight is 403 g/mol. The van der Waals surface area contributed by atoms with Crippen LogP contribution in [0.5, 0.6) is 0 Å². The van der Waals surface area contributed by atoms with E-state index in [1.807, 2.05) is 5.38 Å². The third-order valence-corrected chi connectivity index (χ3v) is 6.14. The van der Waals surface area contributed by atoms with Crippen LogP contribution in [0.3, 0.4) is 0 Å². The van der Waals surface area contributed by atoms with E-state index >= 15 is 0 Å². The van der Waals surface area contributed by atoms with Crippen molar-refractivity contribution in [1.82, 2.24) is 5.32 Å². The first kappa shape index (κ1) is 19.6. The number of rotatable bonds is 7. The lowest BCUT2D eigenvalue weighted by atomic mass is 10.2. The van der Waals surface area contributed by atoms with E-state index in [9.17, 15) is 13.2 Å². The van der Waals surface area contributed by atoms with Crippen LogP contribution >= 0.6 is 22.9 Å². The first-order chi connectivity index (χ1) is 11.8. The van der Waals surface area contributed by atoms with Crippen LogP contribution in [0, 0.1) is 6.92 Å². The largest absolute Gasteiger partial charge is 0.450 e. The number of anilines is 1. The molecule has 25 heavy (non-hydrogen) atoms. The van der Waals surface area contributed by atoms with Gasteiger partial charge in [-0.3, -0.25) is 4.72 Å². The highest BCUT2D eigenvalue weighted by molar-refractivity contribution is 7.92. The Morgan fingerprint density at radius 2 is 2.08 bits per heavy atom. The van der Waals surface area contributed by atoms with Gasteiger partial charge in [0.15, 0.2) is 0 Å². The summed E-state index contributed by atoms with van der Waals surface area (Å²) in [7, 11) is -3.75. The molecule has 6 nitrogen and oxygen atoms in total. The molecule has 136 valence electrons. The van der Waals surface area contributed by atoms with Crippen LogP contribution in [0.4, 0.5) is 10.5 Å². The summed E-state index contributed by atoms with van der Waals surface area (Å²) in [5.74, 6) is 0. The summed E-state index contributed by atoms with van der Waals surface area (Å²) >= 11 is 7.40. The number of hydrogen-bond donors (Lipinski definition) is 2. The quantitative estimate of drug-likeness (QED) is 0.737. The highest BCUT2D eigenvalue weighted by Crippen LogP contribution is 2.28. The zero-order chi connectivity index (χ0) is 18.4. The normalized spacial score (nSPS) is 11.2. The monoisotopic (exact) mass is 402 g/mol. The molecule has 1 aromatic carbocycles. The molecular formula is C16H19ClN2O4S2. The van der Waals surface area contributed by atoms with Crippen molar-refractivity contribution in [2.75, 3.05) is 17.9 Å². The second-order valence-corrected chi connectivity index (χ2v) is 7.98. The number of thiophene rings is 1. The Hall–Kier alpha value is -1.77. The number of amides is 1. The lowest BCUT2D eigenvalue weighted by Gasteiger charge is -2.12. The van der Waals surface area contributed by atoms with Crippen LogP contribution in [0.15, 0.2) is 33.9 Å². The molecule has 9 heteroatoms. The summed E-state index contributed by atoms with van der Waals surface area (Å²) < 4.78 is 32.7. The number of hydrogen-bond acceptors (Lipinski definition) is 5. The van der Waals surface area contributed by atoms with Crippen LogP contribution in [-0.4, -0.2) is 27.7 Å². The summed E-state index contributed by atoms with van der Waals surface area (Å²) in [6, 6.07) is 4.76. The molecule has 0 unspecified atom stereocenters. The smallest absolute Gasteiger partial charge is 0.407 e. The van der Waals surface area contributed by atoms with Crippen LogP contribution in [0.25, 0.3) is 0 Å². The molecule has 2 N–H and O–H groups in total. The molecule has 1 amide bonds. The number of carbonyl (C=O) groups excluding carboxylic acids is 1. The van der Waals surface area contributed by atoms with Crippen molar-refractivity contribution in [2.24, 2.45) is 0 Å². The Morgan fingerprint density at radius 3 is 2.80 bits per heavy atom. The van der Waals surface area contributed by atoms with Crippen molar-refractivity contribution in [2.45, 2.75) is 25.2 Å². The molecule has 2 rings (SSSR count). The van der Waals surface area contributed by atoms with Crippen molar-refractivity contribution in [1.29, 1.82) is 0 Å². The second kappa shape index (κ2) is 8.55. The number of sulfonamides is 1. The van der Waals surface area contributed by atoms with Gasteiger partial charge in [0.1, 0.15) is 0 Å². The lowest BCUT2D eigenvalue weighted by molar-refractivity contribution is 0.152. The van der Waals surface area contributed by atoms with Gasteiger partial charge in [-0.2, -0.15) is 0 Å². The molecule has 1 heterocycles. The number of ether oxygens (including phenoxy) is 1. The summed E-state index contributed by atoms with van der Waals surface area (Å²) in [6.07, 6.45) is -0.0104. The number of carbonyl (C=O) groups is 1. The molecule has 2 aromatic rings. The third-order valence-electron chi connectivity index (χ3n) is 3.43. The van der Waals surface area contributed by atoms with Crippen molar-refractivity contribution in [3.63, 3.8) is 0 Å². The Kier molecular flexibility index (Phi) is 6.69. The first-order valence-electron chi connectivity index (χ1n) is 7.58. The van der Waals surface area contributed by atoms with Gasteiger partial charge in [-0.05, 0) is 48.9 Å².